The molecule has 0 aliphatic carbocycles. The summed E-state index contributed by atoms with van der Waals surface area (Å²) in [4.78, 5) is 13.9. The monoisotopic (exact) mass is 294 g/mol. The lowest BCUT2D eigenvalue weighted by Crippen LogP contribution is -2.36. The Balaban J connectivity index is 1.88. The number of methoxy groups -OCH3 is 1. The van der Waals surface area contributed by atoms with E-state index in [2.05, 4.69) is 11.4 Å². The van der Waals surface area contributed by atoms with Crippen molar-refractivity contribution in [3.05, 3.63) is 29.3 Å². The quantitative estimate of drug-likeness (QED) is 0.906. The molecule has 0 saturated carbocycles. The lowest BCUT2D eigenvalue weighted by molar-refractivity contribution is -0.117. The normalized spacial score (nSPS) is 22.5. The third kappa shape index (κ3) is 4.51. The van der Waals surface area contributed by atoms with Gasteiger partial charge in [-0.05, 0) is 43.5 Å². The first kappa shape index (κ1) is 15.9. The Morgan fingerprint density at radius 3 is 2.67 bits per heavy atom. The summed E-state index contributed by atoms with van der Waals surface area (Å²) in [7, 11) is 1.50. The number of ether oxygens (including phenoxy) is 1. The van der Waals surface area contributed by atoms with Gasteiger partial charge in [0.25, 0.3) is 0 Å². The molecule has 1 unspecified atom stereocenters. The molecule has 0 aromatic heterocycles. The fourth-order valence-corrected chi connectivity index (χ4v) is 2.88. The highest BCUT2D eigenvalue weighted by Crippen LogP contribution is 2.25. The maximum atomic E-state index is 14.2. The number of carbonyl (C=O) groups is 1. The number of hydrogen-bond donors (Lipinski definition) is 1. The highest BCUT2D eigenvalue weighted by molar-refractivity contribution is 5.92. The van der Waals surface area contributed by atoms with Crippen LogP contribution in [-0.2, 0) is 9.53 Å². The summed E-state index contributed by atoms with van der Waals surface area (Å²) in [5.41, 5.74) is 1.68. The van der Waals surface area contributed by atoms with Crippen LogP contribution in [0.4, 0.5) is 10.1 Å². The molecule has 1 N–H and O–H groups in total. The molecule has 5 heteroatoms. The van der Waals surface area contributed by atoms with Crippen molar-refractivity contribution in [1.29, 1.82) is 0 Å². The predicted molar refractivity (Wildman–Crippen MR) is 81.3 cm³/mol. The van der Waals surface area contributed by atoms with E-state index in [4.69, 9.17) is 4.74 Å². The minimum Gasteiger partial charge on any atom is -0.381 e. The number of aryl methyl sites for hydroxylation is 2. The van der Waals surface area contributed by atoms with E-state index in [1.54, 1.807) is 0 Å². The van der Waals surface area contributed by atoms with Gasteiger partial charge in [0.05, 0.1) is 13.2 Å². The number of carbonyl (C=O) groups excluding carboxylic acids is 1. The summed E-state index contributed by atoms with van der Waals surface area (Å²) in [6.07, 6.45) is 0.414. The molecule has 1 heterocycles. The van der Waals surface area contributed by atoms with Gasteiger partial charge in [0.2, 0.25) is 5.91 Å². The van der Waals surface area contributed by atoms with Gasteiger partial charge in [-0.25, -0.2) is 4.39 Å². The number of hydrogen-bond acceptors (Lipinski definition) is 3. The van der Waals surface area contributed by atoms with Crippen molar-refractivity contribution in [3.8, 4) is 0 Å². The molecule has 1 fully saturated rings. The molecule has 1 aromatic carbocycles. The third-order valence-corrected chi connectivity index (χ3v) is 3.66. The van der Waals surface area contributed by atoms with Crippen molar-refractivity contribution in [2.24, 2.45) is 0 Å². The maximum absolute atomic E-state index is 14.2. The average Bonchev–Trinajstić information content (AvgIpc) is 2.69. The molecule has 1 atom stereocenters. The number of anilines is 1. The van der Waals surface area contributed by atoms with E-state index in [0.29, 0.717) is 13.0 Å². The van der Waals surface area contributed by atoms with Gasteiger partial charge in [0, 0.05) is 25.9 Å². The summed E-state index contributed by atoms with van der Waals surface area (Å²) in [5.74, 6) is -0.110. The minimum atomic E-state index is -1.32. The fourth-order valence-electron chi connectivity index (χ4n) is 2.88. The molecule has 21 heavy (non-hydrogen) atoms. The van der Waals surface area contributed by atoms with E-state index < -0.39 is 5.67 Å². The first-order chi connectivity index (χ1) is 9.90. The van der Waals surface area contributed by atoms with Gasteiger partial charge in [-0.3, -0.25) is 9.69 Å². The van der Waals surface area contributed by atoms with Gasteiger partial charge in [-0.2, -0.15) is 0 Å². The molecule has 0 radical (unpaired) electrons. The second kappa shape index (κ2) is 6.54. The van der Waals surface area contributed by atoms with Crippen LogP contribution in [0.15, 0.2) is 18.2 Å². The Morgan fingerprint density at radius 2 is 2.05 bits per heavy atom. The SMILES string of the molecule is COCC1(F)CCN(CC(=O)Nc2cc(C)cc(C)c2)C1. The molecule has 1 aliphatic rings. The Bertz CT molecular complexity index is 501. The number of nitrogens with one attached hydrogen (secondary N) is 1. The van der Waals surface area contributed by atoms with Crippen LogP contribution in [0.1, 0.15) is 17.5 Å². The minimum absolute atomic E-state index is 0.0855. The first-order valence-electron chi connectivity index (χ1n) is 7.18. The zero-order valence-corrected chi connectivity index (χ0v) is 12.9. The highest BCUT2D eigenvalue weighted by atomic mass is 19.1. The lowest BCUT2D eigenvalue weighted by atomic mass is 10.1. The fraction of sp³-hybridized carbons (Fsp3) is 0.562. The van der Waals surface area contributed by atoms with E-state index in [9.17, 15) is 9.18 Å². The smallest absolute Gasteiger partial charge is 0.238 e. The zero-order chi connectivity index (χ0) is 15.5. The summed E-state index contributed by atoms with van der Waals surface area (Å²) in [6.45, 7) is 5.11. The lowest BCUT2D eigenvalue weighted by Gasteiger charge is -2.19. The molecule has 2 rings (SSSR count). The van der Waals surface area contributed by atoms with Crippen molar-refractivity contribution < 1.29 is 13.9 Å². The summed E-state index contributed by atoms with van der Waals surface area (Å²) in [6, 6.07) is 5.91. The van der Waals surface area contributed by atoms with Gasteiger partial charge in [-0.1, -0.05) is 6.07 Å². The topological polar surface area (TPSA) is 41.6 Å². The number of amides is 1. The maximum Gasteiger partial charge on any atom is 0.238 e. The standard InChI is InChI=1S/C16H23FN2O2/c1-12-6-13(2)8-14(7-12)18-15(20)9-19-5-4-16(17,10-19)11-21-3/h6-8H,4-5,9-11H2,1-3H3,(H,18,20). The second-order valence-electron chi connectivity index (χ2n) is 5.97. The van der Waals surface area contributed by atoms with E-state index >= 15 is 0 Å². The van der Waals surface area contributed by atoms with Crippen molar-refractivity contribution in [2.45, 2.75) is 25.9 Å². The predicted octanol–water partition coefficient (Wildman–Crippen LogP) is 2.30. The number of alkyl halides is 1. The average molecular weight is 294 g/mol. The molecular formula is C16H23FN2O2. The van der Waals surface area contributed by atoms with Crippen molar-refractivity contribution >= 4 is 11.6 Å². The second-order valence-corrected chi connectivity index (χ2v) is 5.97. The van der Waals surface area contributed by atoms with Crippen LogP contribution in [0.2, 0.25) is 0 Å². The van der Waals surface area contributed by atoms with Crippen LogP contribution >= 0.6 is 0 Å². The van der Waals surface area contributed by atoms with E-state index in [0.717, 1.165) is 16.8 Å². The molecule has 1 aliphatic heterocycles. The van der Waals surface area contributed by atoms with Crippen molar-refractivity contribution in [3.63, 3.8) is 0 Å². The van der Waals surface area contributed by atoms with Gasteiger partial charge in [0.15, 0.2) is 0 Å². The molecule has 4 nitrogen and oxygen atoms in total. The summed E-state index contributed by atoms with van der Waals surface area (Å²) in [5, 5.41) is 2.88. The summed E-state index contributed by atoms with van der Waals surface area (Å²) < 4.78 is 19.1. The van der Waals surface area contributed by atoms with Crippen LogP contribution in [0.5, 0.6) is 0 Å². The van der Waals surface area contributed by atoms with Gasteiger partial charge >= 0.3 is 0 Å². The van der Waals surface area contributed by atoms with E-state index in [1.807, 2.05) is 30.9 Å². The van der Waals surface area contributed by atoms with Crippen LogP contribution in [0.3, 0.4) is 0 Å². The molecule has 1 amide bonds. The van der Waals surface area contributed by atoms with E-state index in [-0.39, 0.29) is 25.6 Å². The molecular weight excluding hydrogens is 271 g/mol. The van der Waals surface area contributed by atoms with Crippen LogP contribution in [-0.4, -0.2) is 49.8 Å². The number of rotatable bonds is 5. The number of likely N-dealkylation sites (tertiary alicyclic amines) is 1. The van der Waals surface area contributed by atoms with Gasteiger partial charge in [0.1, 0.15) is 5.67 Å². The van der Waals surface area contributed by atoms with Crippen LogP contribution in [0.25, 0.3) is 0 Å². The van der Waals surface area contributed by atoms with Crippen molar-refractivity contribution in [2.75, 3.05) is 38.7 Å². The van der Waals surface area contributed by atoms with Crippen molar-refractivity contribution in [1.82, 2.24) is 4.90 Å². The molecule has 0 spiro atoms. The number of benzene rings is 1. The summed E-state index contributed by atoms with van der Waals surface area (Å²) >= 11 is 0. The molecule has 1 saturated heterocycles. The van der Waals surface area contributed by atoms with Crippen LogP contribution < -0.4 is 5.32 Å². The number of halogens is 1. The third-order valence-electron chi connectivity index (χ3n) is 3.66. The van der Waals surface area contributed by atoms with Gasteiger partial charge in [-0.15, -0.1) is 0 Å². The molecule has 0 bridgehead atoms. The number of nitrogens with zero attached hydrogens (tertiary/aromatic N) is 1. The Hall–Kier alpha value is -1.46. The Labute approximate surface area is 125 Å². The van der Waals surface area contributed by atoms with E-state index in [1.165, 1.54) is 7.11 Å². The van der Waals surface area contributed by atoms with Crippen LogP contribution in [0, 0.1) is 13.8 Å². The molecule has 1 aromatic rings. The van der Waals surface area contributed by atoms with Gasteiger partial charge < -0.3 is 10.1 Å². The Morgan fingerprint density at radius 1 is 1.38 bits per heavy atom. The first-order valence-corrected chi connectivity index (χ1v) is 7.18. The zero-order valence-electron chi connectivity index (χ0n) is 12.9. The largest absolute Gasteiger partial charge is 0.381 e. The highest BCUT2D eigenvalue weighted by Gasteiger charge is 2.38. The molecule has 116 valence electrons. The Kier molecular flexibility index (Phi) is 4.96.